The van der Waals surface area contributed by atoms with Crippen LogP contribution in [0.4, 0.5) is 4.39 Å². The number of halogens is 2. The SMILES string of the molecule is COC1CCCC1NS(=O)(=O)c1ccc(F)cc1Br. The summed E-state index contributed by atoms with van der Waals surface area (Å²) in [6.07, 6.45) is 2.41. The fourth-order valence-corrected chi connectivity index (χ4v) is 4.65. The van der Waals surface area contributed by atoms with Crippen LogP contribution in [0.25, 0.3) is 0 Å². The molecule has 1 aliphatic carbocycles. The monoisotopic (exact) mass is 351 g/mol. The molecule has 2 unspecified atom stereocenters. The van der Waals surface area contributed by atoms with Gasteiger partial charge in [0.1, 0.15) is 5.82 Å². The second-order valence-electron chi connectivity index (χ2n) is 4.51. The van der Waals surface area contributed by atoms with Crippen LogP contribution < -0.4 is 4.72 Å². The van der Waals surface area contributed by atoms with Crippen molar-refractivity contribution in [3.05, 3.63) is 28.5 Å². The average Bonchev–Trinajstić information content (AvgIpc) is 2.74. The van der Waals surface area contributed by atoms with Gasteiger partial charge in [-0.05, 0) is 53.4 Å². The van der Waals surface area contributed by atoms with Crippen molar-refractivity contribution in [2.24, 2.45) is 0 Å². The number of hydrogen-bond donors (Lipinski definition) is 1. The van der Waals surface area contributed by atoms with Crippen LogP contribution in [0.2, 0.25) is 0 Å². The molecule has 2 rings (SSSR count). The Balaban J connectivity index is 2.23. The van der Waals surface area contributed by atoms with E-state index < -0.39 is 15.8 Å². The third-order valence-electron chi connectivity index (χ3n) is 3.25. The van der Waals surface area contributed by atoms with Gasteiger partial charge < -0.3 is 4.74 Å². The van der Waals surface area contributed by atoms with Gasteiger partial charge in [0.15, 0.2) is 0 Å². The van der Waals surface area contributed by atoms with E-state index in [2.05, 4.69) is 20.7 Å². The molecule has 0 spiro atoms. The van der Waals surface area contributed by atoms with E-state index in [1.165, 1.54) is 6.07 Å². The molecule has 1 saturated carbocycles. The van der Waals surface area contributed by atoms with Crippen LogP contribution in [0.15, 0.2) is 27.6 Å². The maximum atomic E-state index is 13.0. The molecule has 0 aromatic heterocycles. The van der Waals surface area contributed by atoms with Crippen LogP contribution >= 0.6 is 15.9 Å². The summed E-state index contributed by atoms with van der Waals surface area (Å²) in [6, 6.07) is 3.28. The number of benzene rings is 1. The van der Waals surface area contributed by atoms with Crippen LogP contribution in [0.1, 0.15) is 19.3 Å². The van der Waals surface area contributed by atoms with Crippen LogP contribution in [0.5, 0.6) is 0 Å². The highest BCUT2D eigenvalue weighted by Crippen LogP contribution is 2.26. The highest BCUT2D eigenvalue weighted by atomic mass is 79.9. The zero-order valence-corrected chi connectivity index (χ0v) is 12.8. The molecule has 1 aromatic carbocycles. The molecule has 0 heterocycles. The van der Waals surface area contributed by atoms with Gasteiger partial charge >= 0.3 is 0 Å². The van der Waals surface area contributed by atoms with Crippen LogP contribution in [0.3, 0.4) is 0 Å². The minimum Gasteiger partial charge on any atom is -0.380 e. The smallest absolute Gasteiger partial charge is 0.242 e. The lowest BCUT2D eigenvalue weighted by atomic mass is 10.2. The average molecular weight is 352 g/mol. The standard InChI is InChI=1S/C12H15BrFNO3S/c1-18-11-4-2-3-10(11)15-19(16,17)12-6-5-8(14)7-9(12)13/h5-7,10-11,15H,2-4H2,1H3. The summed E-state index contributed by atoms with van der Waals surface area (Å²) < 4.78 is 45.6. The van der Waals surface area contributed by atoms with Crippen molar-refractivity contribution < 1.29 is 17.5 Å². The molecule has 7 heteroatoms. The van der Waals surface area contributed by atoms with E-state index in [-0.39, 0.29) is 21.5 Å². The van der Waals surface area contributed by atoms with Crippen molar-refractivity contribution in [2.75, 3.05) is 7.11 Å². The van der Waals surface area contributed by atoms with E-state index >= 15 is 0 Å². The molecule has 4 nitrogen and oxygen atoms in total. The van der Waals surface area contributed by atoms with Crippen molar-refractivity contribution in [3.63, 3.8) is 0 Å². The molecule has 19 heavy (non-hydrogen) atoms. The van der Waals surface area contributed by atoms with Gasteiger partial charge in [0.2, 0.25) is 10.0 Å². The molecule has 2 atom stereocenters. The first-order valence-corrected chi connectivity index (χ1v) is 8.22. The molecule has 1 aliphatic rings. The predicted octanol–water partition coefficient (Wildman–Crippen LogP) is 2.43. The van der Waals surface area contributed by atoms with Gasteiger partial charge in [-0.15, -0.1) is 0 Å². The molecule has 0 aliphatic heterocycles. The minimum atomic E-state index is -3.68. The first-order valence-electron chi connectivity index (χ1n) is 5.94. The van der Waals surface area contributed by atoms with Gasteiger partial charge in [-0.3, -0.25) is 0 Å². The zero-order chi connectivity index (χ0) is 14.0. The molecule has 0 radical (unpaired) electrons. The zero-order valence-electron chi connectivity index (χ0n) is 10.4. The van der Waals surface area contributed by atoms with Crippen molar-refractivity contribution in [3.8, 4) is 0 Å². The Hall–Kier alpha value is -0.500. The number of ether oxygens (including phenoxy) is 1. The normalized spacial score (nSPS) is 23.7. The maximum Gasteiger partial charge on any atom is 0.242 e. The van der Waals surface area contributed by atoms with E-state index in [1.54, 1.807) is 7.11 Å². The topological polar surface area (TPSA) is 55.4 Å². The first-order chi connectivity index (χ1) is 8.94. The molecular formula is C12H15BrFNO3S. The van der Waals surface area contributed by atoms with Crippen LogP contribution in [-0.2, 0) is 14.8 Å². The summed E-state index contributed by atoms with van der Waals surface area (Å²) in [5.74, 6) is -0.485. The Morgan fingerprint density at radius 2 is 2.16 bits per heavy atom. The van der Waals surface area contributed by atoms with Crippen molar-refractivity contribution in [1.82, 2.24) is 4.72 Å². The Morgan fingerprint density at radius 1 is 1.42 bits per heavy atom. The van der Waals surface area contributed by atoms with Crippen LogP contribution in [-0.4, -0.2) is 27.7 Å². The molecular weight excluding hydrogens is 337 g/mol. The fraction of sp³-hybridized carbons (Fsp3) is 0.500. The fourth-order valence-electron chi connectivity index (χ4n) is 2.30. The highest BCUT2D eigenvalue weighted by Gasteiger charge is 2.31. The third-order valence-corrected chi connectivity index (χ3v) is 5.71. The Kier molecular flexibility index (Phi) is 4.60. The molecule has 1 aromatic rings. The van der Waals surface area contributed by atoms with E-state index in [1.807, 2.05) is 0 Å². The molecule has 1 N–H and O–H groups in total. The molecule has 106 valence electrons. The number of hydrogen-bond acceptors (Lipinski definition) is 3. The highest BCUT2D eigenvalue weighted by molar-refractivity contribution is 9.10. The van der Waals surface area contributed by atoms with Crippen molar-refractivity contribution >= 4 is 26.0 Å². The quantitative estimate of drug-likeness (QED) is 0.906. The van der Waals surface area contributed by atoms with Gasteiger partial charge in [-0.2, -0.15) is 0 Å². The van der Waals surface area contributed by atoms with Crippen LogP contribution in [0, 0.1) is 5.82 Å². The van der Waals surface area contributed by atoms with E-state index in [0.29, 0.717) is 0 Å². The summed E-state index contributed by atoms with van der Waals surface area (Å²) >= 11 is 3.07. The van der Waals surface area contributed by atoms with E-state index in [9.17, 15) is 12.8 Å². The minimum absolute atomic E-state index is 0.0376. The van der Waals surface area contributed by atoms with E-state index in [0.717, 1.165) is 31.4 Å². The number of rotatable bonds is 4. The van der Waals surface area contributed by atoms with Crippen molar-refractivity contribution in [2.45, 2.75) is 36.3 Å². The van der Waals surface area contributed by atoms with Gasteiger partial charge in [0.05, 0.1) is 11.0 Å². The summed E-state index contributed by atoms with van der Waals surface area (Å²) in [7, 11) is -2.10. The maximum absolute atomic E-state index is 13.0. The third kappa shape index (κ3) is 3.34. The Morgan fingerprint density at radius 3 is 2.79 bits per heavy atom. The number of methoxy groups -OCH3 is 1. The lowest BCUT2D eigenvalue weighted by molar-refractivity contribution is 0.0916. The van der Waals surface area contributed by atoms with Gasteiger partial charge in [-0.1, -0.05) is 0 Å². The molecule has 0 amide bonds. The lowest BCUT2D eigenvalue weighted by Crippen LogP contribution is -2.40. The Bertz CT molecular complexity index is 564. The van der Waals surface area contributed by atoms with E-state index in [4.69, 9.17) is 4.74 Å². The van der Waals surface area contributed by atoms with Gasteiger partial charge in [-0.25, -0.2) is 17.5 Å². The number of sulfonamides is 1. The molecule has 0 bridgehead atoms. The molecule has 0 saturated heterocycles. The summed E-state index contributed by atoms with van der Waals surface area (Å²) in [5, 5.41) is 0. The summed E-state index contributed by atoms with van der Waals surface area (Å²) in [5.41, 5.74) is 0. The van der Waals surface area contributed by atoms with Gasteiger partial charge in [0.25, 0.3) is 0 Å². The predicted molar refractivity (Wildman–Crippen MR) is 72.9 cm³/mol. The Labute approximate surface area is 120 Å². The first kappa shape index (κ1) is 14.9. The largest absolute Gasteiger partial charge is 0.380 e. The van der Waals surface area contributed by atoms with Crippen molar-refractivity contribution in [1.29, 1.82) is 0 Å². The summed E-state index contributed by atoms with van der Waals surface area (Å²) in [4.78, 5) is 0.0376. The summed E-state index contributed by atoms with van der Waals surface area (Å²) in [6.45, 7) is 0. The number of nitrogens with one attached hydrogen (secondary N) is 1. The van der Waals surface area contributed by atoms with Gasteiger partial charge in [0, 0.05) is 17.6 Å². The second-order valence-corrected chi connectivity index (χ2v) is 7.04. The molecule has 1 fully saturated rings. The lowest BCUT2D eigenvalue weighted by Gasteiger charge is -2.20. The second kappa shape index (κ2) is 5.87.